The Balaban J connectivity index is 2.26. The number of hydrogen-bond donors (Lipinski definition) is 2. The average Bonchev–Trinajstić information content (AvgIpc) is 2.46. The molecule has 0 aromatic rings. The minimum Gasteiger partial charge on any atom is -0.481 e. The van der Waals surface area contributed by atoms with Gasteiger partial charge < -0.3 is 15.2 Å². The third-order valence-corrected chi connectivity index (χ3v) is 4.30. The van der Waals surface area contributed by atoms with Crippen LogP contribution in [0.25, 0.3) is 0 Å². The fraction of sp³-hybridized carbons (Fsp3) is 0.875. The predicted octanol–water partition coefficient (Wildman–Crippen LogP) is 2.44. The standard InChI is InChI=1S/C16H29NO4/c1-4-21-14(11(2)3)9-10-17-15(18)12-5-7-13(8-6-12)16(19)20/h11-14H,4-10H2,1-3H3,(H,17,18)(H,19,20). The van der Waals surface area contributed by atoms with E-state index in [1.165, 1.54) is 0 Å². The highest BCUT2D eigenvalue weighted by atomic mass is 16.5. The molecule has 122 valence electrons. The number of carbonyl (C=O) groups excluding carboxylic acids is 1. The lowest BCUT2D eigenvalue weighted by atomic mass is 9.81. The molecule has 0 saturated heterocycles. The zero-order valence-corrected chi connectivity index (χ0v) is 13.4. The summed E-state index contributed by atoms with van der Waals surface area (Å²) in [6.45, 7) is 7.54. The first-order chi connectivity index (χ1) is 9.95. The highest BCUT2D eigenvalue weighted by Crippen LogP contribution is 2.29. The van der Waals surface area contributed by atoms with Crippen molar-refractivity contribution in [1.29, 1.82) is 0 Å². The van der Waals surface area contributed by atoms with E-state index in [1.807, 2.05) is 6.92 Å². The first-order valence-corrected chi connectivity index (χ1v) is 8.07. The van der Waals surface area contributed by atoms with Crippen LogP contribution in [0.2, 0.25) is 0 Å². The highest BCUT2D eigenvalue weighted by Gasteiger charge is 2.29. The van der Waals surface area contributed by atoms with Crippen LogP contribution in [0.15, 0.2) is 0 Å². The Morgan fingerprint density at radius 2 is 1.76 bits per heavy atom. The monoisotopic (exact) mass is 299 g/mol. The van der Waals surface area contributed by atoms with Crippen LogP contribution in [0.5, 0.6) is 0 Å². The number of carboxylic acid groups (broad SMARTS) is 1. The van der Waals surface area contributed by atoms with Gasteiger partial charge in [-0.1, -0.05) is 13.8 Å². The third-order valence-electron chi connectivity index (χ3n) is 4.30. The normalized spacial score (nSPS) is 23.8. The second kappa shape index (κ2) is 9.03. The van der Waals surface area contributed by atoms with Crippen LogP contribution in [-0.4, -0.2) is 36.2 Å². The topological polar surface area (TPSA) is 75.6 Å². The Kier molecular flexibility index (Phi) is 7.72. The van der Waals surface area contributed by atoms with Crippen molar-refractivity contribution < 1.29 is 19.4 Å². The lowest BCUT2D eigenvalue weighted by Crippen LogP contribution is -2.36. The Hall–Kier alpha value is -1.10. The fourth-order valence-corrected chi connectivity index (χ4v) is 2.91. The van der Waals surface area contributed by atoms with Gasteiger partial charge in [0.15, 0.2) is 0 Å². The number of ether oxygens (including phenoxy) is 1. The number of hydrogen-bond acceptors (Lipinski definition) is 3. The molecule has 21 heavy (non-hydrogen) atoms. The van der Waals surface area contributed by atoms with Crippen LogP contribution in [0, 0.1) is 17.8 Å². The van der Waals surface area contributed by atoms with E-state index in [4.69, 9.17) is 9.84 Å². The Morgan fingerprint density at radius 1 is 1.19 bits per heavy atom. The minimum atomic E-state index is -0.731. The molecule has 2 N–H and O–H groups in total. The van der Waals surface area contributed by atoms with Crippen LogP contribution >= 0.6 is 0 Å². The number of nitrogens with one attached hydrogen (secondary N) is 1. The van der Waals surface area contributed by atoms with Gasteiger partial charge in [0, 0.05) is 19.1 Å². The van der Waals surface area contributed by atoms with Gasteiger partial charge in [0.25, 0.3) is 0 Å². The molecular weight excluding hydrogens is 270 g/mol. The molecule has 1 rings (SSSR count). The summed E-state index contributed by atoms with van der Waals surface area (Å²) in [6, 6.07) is 0. The molecule has 0 aromatic heterocycles. The van der Waals surface area contributed by atoms with Gasteiger partial charge in [0.1, 0.15) is 0 Å². The molecule has 0 bridgehead atoms. The third kappa shape index (κ3) is 6.04. The van der Waals surface area contributed by atoms with Gasteiger partial charge >= 0.3 is 5.97 Å². The van der Waals surface area contributed by atoms with Gasteiger partial charge in [-0.05, 0) is 44.9 Å². The summed E-state index contributed by atoms with van der Waals surface area (Å²) >= 11 is 0. The number of carbonyl (C=O) groups is 2. The fourth-order valence-electron chi connectivity index (χ4n) is 2.91. The lowest BCUT2D eigenvalue weighted by Gasteiger charge is -2.26. The van der Waals surface area contributed by atoms with E-state index in [1.54, 1.807) is 0 Å². The summed E-state index contributed by atoms with van der Waals surface area (Å²) in [5.41, 5.74) is 0. The van der Waals surface area contributed by atoms with Crippen LogP contribution in [0.1, 0.15) is 52.9 Å². The van der Waals surface area contributed by atoms with Gasteiger partial charge in [0.05, 0.1) is 12.0 Å². The second-order valence-corrected chi connectivity index (χ2v) is 6.20. The average molecular weight is 299 g/mol. The van der Waals surface area contributed by atoms with Crippen molar-refractivity contribution in [2.75, 3.05) is 13.2 Å². The van der Waals surface area contributed by atoms with Crippen LogP contribution < -0.4 is 5.32 Å². The maximum absolute atomic E-state index is 12.1. The quantitative estimate of drug-likeness (QED) is 0.722. The SMILES string of the molecule is CCOC(CCNC(=O)C1CCC(C(=O)O)CC1)C(C)C. The zero-order chi connectivity index (χ0) is 15.8. The molecule has 1 saturated carbocycles. The van der Waals surface area contributed by atoms with Crippen molar-refractivity contribution >= 4 is 11.9 Å². The number of aliphatic carboxylic acids is 1. The van der Waals surface area contributed by atoms with Crippen molar-refractivity contribution in [3.63, 3.8) is 0 Å². The molecule has 5 heteroatoms. The molecule has 0 heterocycles. The number of amides is 1. The van der Waals surface area contributed by atoms with Crippen molar-refractivity contribution in [3.8, 4) is 0 Å². The maximum atomic E-state index is 12.1. The first kappa shape index (κ1) is 18.0. The molecule has 1 unspecified atom stereocenters. The molecule has 0 spiro atoms. The molecule has 1 aliphatic rings. The van der Waals surface area contributed by atoms with Crippen molar-refractivity contribution in [2.24, 2.45) is 17.8 Å². The summed E-state index contributed by atoms with van der Waals surface area (Å²) in [7, 11) is 0. The van der Waals surface area contributed by atoms with E-state index in [-0.39, 0.29) is 23.8 Å². The molecule has 0 aliphatic heterocycles. The van der Waals surface area contributed by atoms with Crippen molar-refractivity contribution in [1.82, 2.24) is 5.32 Å². The maximum Gasteiger partial charge on any atom is 0.306 e. The molecule has 0 aromatic carbocycles. The van der Waals surface area contributed by atoms with E-state index in [9.17, 15) is 9.59 Å². The van der Waals surface area contributed by atoms with Gasteiger partial charge in [0.2, 0.25) is 5.91 Å². The van der Waals surface area contributed by atoms with Gasteiger partial charge in [-0.2, -0.15) is 0 Å². The molecule has 5 nitrogen and oxygen atoms in total. The molecular formula is C16H29NO4. The highest BCUT2D eigenvalue weighted by molar-refractivity contribution is 5.79. The molecule has 1 amide bonds. The van der Waals surface area contributed by atoms with E-state index >= 15 is 0 Å². The Labute approximate surface area is 127 Å². The molecule has 1 atom stereocenters. The van der Waals surface area contributed by atoms with Crippen LogP contribution in [-0.2, 0) is 14.3 Å². The van der Waals surface area contributed by atoms with Crippen LogP contribution in [0.4, 0.5) is 0 Å². The second-order valence-electron chi connectivity index (χ2n) is 6.20. The largest absolute Gasteiger partial charge is 0.481 e. The van der Waals surface area contributed by atoms with Crippen molar-refractivity contribution in [2.45, 2.75) is 59.0 Å². The summed E-state index contributed by atoms with van der Waals surface area (Å²) in [6.07, 6.45) is 3.59. The summed E-state index contributed by atoms with van der Waals surface area (Å²) in [5, 5.41) is 11.9. The van der Waals surface area contributed by atoms with E-state index in [2.05, 4.69) is 19.2 Å². The van der Waals surface area contributed by atoms with Crippen molar-refractivity contribution in [3.05, 3.63) is 0 Å². The number of rotatable bonds is 8. The Bertz CT molecular complexity index is 335. The van der Waals surface area contributed by atoms with Crippen LogP contribution in [0.3, 0.4) is 0 Å². The van der Waals surface area contributed by atoms with E-state index in [0.717, 1.165) is 6.42 Å². The summed E-state index contributed by atoms with van der Waals surface area (Å²) < 4.78 is 5.65. The summed E-state index contributed by atoms with van der Waals surface area (Å²) in [5.74, 6) is -0.515. The smallest absolute Gasteiger partial charge is 0.306 e. The molecule has 0 radical (unpaired) electrons. The van der Waals surface area contributed by atoms with E-state index < -0.39 is 5.97 Å². The minimum absolute atomic E-state index is 0.0230. The predicted molar refractivity (Wildman–Crippen MR) is 81.0 cm³/mol. The van der Waals surface area contributed by atoms with Gasteiger partial charge in [-0.25, -0.2) is 0 Å². The number of carboxylic acids is 1. The Morgan fingerprint density at radius 3 is 2.24 bits per heavy atom. The zero-order valence-electron chi connectivity index (χ0n) is 13.4. The first-order valence-electron chi connectivity index (χ1n) is 8.07. The lowest BCUT2D eigenvalue weighted by molar-refractivity contribution is -0.144. The van der Waals surface area contributed by atoms with E-state index in [0.29, 0.717) is 44.8 Å². The molecule has 1 fully saturated rings. The van der Waals surface area contributed by atoms with Gasteiger partial charge in [-0.3, -0.25) is 9.59 Å². The molecule has 1 aliphatic carbocycles. The van der Waals surface area contributed by atoms with Gasteiger partial charge in [-0.15, -0.1) is 0 Å². The summed E-state index contributed by atoms with van der Waals surface area (Å²) in [4.78, 5) is 23.0.